The Labute approximate surface area is 182 Å². The number of amides is 1. The number of carbonyl (C=O) groups is 1. The monoisotopic (exact) mass is 465 g/mol. The minimum Gasteiger partial charge on any atom is -0.422 e. The van der Waals surface area contributed by atoms with E-state index in [0.717, 1.165) is 0 Å². The number of fused-ring (bicyclic) bond motifs is 1. The Morgan fingerprint density at radius 1 is 1.13 bits per heavy atom. The molecule has 30 heavy (non-hydrogen) atoms. The molecule has 0 aliphatic carbocycles. The summed E-state index contributed by atoms with van der Waals surface area (Å²) in [7, 11) is -3.26. The third kappa shape index (κ3) is 4.24. The molecule has 156 valence electrons. The van der Waals surface area contributed by atoms with Gasteiger partial charge in [0.25, 0.3) is 5.91 Å². The van der Waals surface area contributed by atoms with E-state index in [1.807, 2.05) is 0 Å². The summed E-state index contributed by atoms with van der Waals surface area (Å²) < 4.78 is 29.4. The maximum Gasteiger partial charge on any atom is 0.349 e. The first-order chi connectivity index (χ1) is 14.2. The van der Waals surface area contributed by atoms with Crippen LogP contribution in [0.5, 0.6) is 0 Å². The first-order valence-corrected chi connectivity index (χ1v) is 11.8. The summed E-state index contributed by atoms with van der Waals surface area (Å²) in [5.74, 6) is -0.770. The number of para-hydroxylation sites is 1. The van der Waals surface area contributed by atoms with Gasteiger partial charge in [0.15, 0.2) is 9.84 Å². The van der Waals surface area contributed by atoms with Gasteiger partial charge in [-0.2, -0.15) is 0 Å². The second-order valence-electron chi connectivity index (χ2n) is 7.21. The average Bonchev–Trinajstić information content (AvgIpc) is 3.06. The Kier molecular flexibility index (Phi) is 5.61. The van der Waals surface area contributed by atoms with Crippen LogP contribution in [-0.4, -0.2) is 36.8 Å². The third-order valence-corrected chi connectivity index (χ3v) is 7.47. The van der Waals surface area contributed by atoms with E-state index in [4.69, 9.17) is 27.6 Å². The standard InChI is InChI=1S/C21H17Cl2NO5S/c22-15-6-5-14(18(23)10-15)11-24(16-7-8-30(27,28)12-16)20(25)17-9-13-3-1-2-4-19(13)29-21(17)26/h1-6,9-10,16H,7-8,11-12H2/t16-/m1/s1. The van der Waals surface area contributed by atoms with Gasteiger partial charge >= 0.3 is 5.63 Å². The molecule has 0 radical (unpaired) electrons. The molecule has 1 saturated heterocycles. The molecule has 0 saturated carbocycles. The fourth-order valence-corrected chi connectivity index (χ4v) is 5.79. The largest absolute Gasteiger partial charge is 0.422 e. The first-order valence-electron chi connectivity index (χ1n) is 9.22. The van der Waals surface area contributed by atoms with Crippen LogP contribution >= 0.6 is 23.2 Å². The van der Waals surface area contributed by atoms with E-state index >= 15 is 0 Å². The predicted octanol–water partition coefficient (Wildman–Crippen LogP) is 3.93. The molecule has 0 spiro atoms. The second kappa shape index (κ2) is 8.06. The fourth-order valence-electron chi connectivity index (χ4n) is 3.59. The van der Waals surface area contributed by atoms with Crippen molar-refractivity contribution in [3.8, 4) is 0 Å². The molecule has 1 aliphatic rings. The molecular weight excluding hydrogens is 449 g/mol. The van der Waals surface area contributed by atoms with Gasteiger partial charge < -0.3 is 9.32 Å². The van der Waals surface area contributed by atoms with Crippen LogP contribution in [0.25, 0.3) is 11.0 Å². The quantitative estimate of drug-likeness (QED) is 0.544. The summed E-state index contributed by atoms with van der Waals surface area (Å²) in [6.07, 6.45) is 0.290. The summed E-state index contributed by atoms with van der Waals surface area (Å²) in [5.41, 5.74) is 0.0496. The number of rotatable bonds is 4. The van der Waals surface area contributed by atoms with Gasteiger partial charge in [0.05, 0.1) is 11.5 Å². The van der Waals surface area contributed by atoms with Crippen LogP contribution in [-0.2, 0) is 16.4 Å². The summed E-state index contributed by atoms with van der Waals surface area (Å²) in [5, 5.41) is 1.40. The van der Waals surface area contributed by atoms with Crippen LogP contribution in [0.15, 0.2) is 57.7 Å². The molecule has 2 heterocycles. The third-order valence-electron chi connectivity index (χ3n) is 5.14. The van der Waals surface area contributed by atoms with Crippen LogP contribution in [0.4, 0.5) is 0 Å². The van der Waals surface area contributed by atoms with Gasteiger partial charge in [0.2, 0.25) is 0 Å². The van der Waals surface area contributed by atoms with Crippen LogP contribution in [0.1, 0.15) is 22.3 Å². The maximum absolute atomic E-state index is 13.4. The van der Waals surface area contributed by atoms with Gasteiger partial charge in [0.1, 0.15) is 11.1 Å². The van der Waals surface area contributed by atoms with E-state index in [1.165, 1.54) is 11.0 Å². The van der Waals surface area contributed by atoms with Crippen LogP contribution < -0.4 is 5.63 Å². The minimum absolute atomic E-state index is 0.0118. The zero-order chi connectivity index (χ0) is 21.5. The zero-order valence-electron chi connectivity index (χ0n) is 15.7. The van der Waals surface area contributed by atoms with Crippen LogP contribution in [0.3, 0.4) is 0 Å². The summed E-state index contributed by atoms with van der Waals surface area (Å²) in [4.78, 5) is 27.3. The number of carbonyl (C=O) groups excluding carboxylic acids is 1. The van der Waals surface area contributed by atoms with Crippen molar-refractivity contribution in [3.63, 3.8) is 0 Å². The number of nitrogens with zero attached hydrogens (tertiary/aromatic N) is 1. The number of sulfone groups is 1. The Morgan fingerprint density at radius 2 is 1.90 bits per heavy atom. The molecule has 3 aromatic rings. The lowest BCUT2D eigenvalue weighted by Gasteiger charge is -2.28. The fraction of sp³-hybridized carbons (Fsp3) is 0.238. The zero-order valence-corrected chi connectivity index (χ0v) is 18.0. The lowest BCUT2D eigenvalue weighted by atomic mass is 10.1. The Morgan fingerprint density at radius 3 is 2.60 bits per heavy atom. The van der Waals surface area contributed by atoms with Crippen molar-refractivity contribution in [1.29, 1.82) is 0 Å². The highest BCUT2D eigenvalue weighted by Gasteiger charge is 2.36. The van der Waals surface area contributed by atoms with Crippen molar-refractivity contribution in [2.75, 3.05) is 11.5 Å². The molecule has 6 nitrogen and oxygen atoms in total. The van der Waals surface area contributed by atoms with Crippen molar-refractivity contribution >= 4 is 49.9 Å². The van der Waals surface area contributed by atoms with Crippen molar-refractivity contribution in [2.45, 2.75) is 19.0 Å². The molecule has 4 rings (SSSR count). The summed E-state index contributed by atoms with van der Waals surface area (Å²) in [6.45, 7) is 0.0429. The highest BCUT2D eigenvalue weighted by molar-refractivity contribution is 7.91. The number of hydrogen-bond donors (Lipinski definition) is 0. The van der Waals surface area contributed by atoms with Crippen molar-refractivity contribution in [1.82, 2.24) is 4.90 Å². The van der Waals surface area contributed by atoms with Gasteiger partial charge in [-0.05, 0) is 36.2 Å². The molecule has 0 unspecified atom stereocenters. The van der Waals surface area contributed by atoms with E-state index in [1.54, 1.807) is 42.5 Å². The lowest BCUT2D eigenvalue weighted by molar-refractivity contribution is 0.0677. The molecule has 1 amide bonds. The molecule has 1 aromatic heterocycles. The summed E-state index contributed by atoms with van der Waals surface area (Å²) >= 11 is 12.2. The van der Waals surface area contributed by atoms with E-state index < -0.39 is 27.4 Å². The average molecular weight is 466 g/mol. The maximum atomic E-state index is 13.4. The predicted molar refractivity (Wildman–Crippen MR) is 116 cm³/mol. The van der Waals surface area contributed by atoms with Gasteiger partial charge in [-0.1, -0.05) is 47.5 Å². The Balaban J connectivity index is 1.76. The lowest BCUT2D eigenvalue weighted by Crippen LogP contribution is -2.42. The molecule has 0 bridgehead atoms. The van der Waals surface area contributed by atoms with Gasteiger partial charge in [-0.25, -0.2) is 13.2 Å². The Bertz CT molecular complexity index is 1300. The highest BCUT2D eigenvalue weighted by Crippen LogP contribution is 2.27. The van der Waals surface area contributed by atoms with Gasteiger partial charge in [0, 0.05) is 28.0 Å². The van der Waals surface area contributed by atoms with Crippen molar-refractivity contribution in [2.24, 2.45) is 0 Å². The normalized spacial score (nSPS) is 17.9. The molecule has 9 heteroatoms. The van der Waals surface area contributed by atoms with Gasteiger partial charge in [-0.15, -0.1) is 0 Å². The van der Waals surface area contributed by atoms with E-state index in [0.29, 0.717) is 26.6 Å². The molecule has 1 aliphatic heterocycles. The molecule has 1 atom stereocenters. The van der Waals surface area contributed by atoms with Gasteiger partial charge in [-0.3, -0.25) is 4.79 Å². The van der Waals surface area contributed by atoms with Crippen molar-refractivity contribution < 1.29 is 17.6 Å². The SMILES string of the molecule is O=C(c1cc2ccccc2oc1=O)N(Cc1ccc(Cl)cc1Cl)[C@@H]1CCS(=O)(=O)C1. The molecule has 0 N–H and O–H groups in total. The van der Waals surface area contributed by atoms with E-state index in [-0.39, 0.29) is 30.0 Å². The first kappa shape index (κ1) is 20.9. The van der Waals surface area contributed by atoms with E-state index in [9.17, 15) is 18.0 Å². The van der Waals surface area contributed by atoms with Crippen molar-refractivity contribution in [3.05, 3.63) is 80.1 Å². The molecule has 1 fully saturated rings. The molecule has 2 aromatic carbocycles. The van der Waals surface area contributed by atoms with Crippen LogP contribution in [0.2, 0.25) is 10.0 Å². The second-order valence-corrected chi connectivity index (χ2v) is 10.3. The summed E-state index contributed by atoms with van der Waals surface area (Å²) in [6, 6.07) is 12.6. The topological polar surface area (TPSA) is 84.7 Å². The van der Waals surface area contributed by atoms with E-state index in [2.05, 4.69) is 0 Å². The Hall–Kier alpha value is -2.35. The smallest absolute Gasteiger partial charge is 0.349 e. The molecular formula is C21H17Cl2NO5S. The number of benzene rings is 2. The minimum atomic E-state index is -3.26. The number of halogens is 2. The number of hydrogen-bond acceptors (Lipinski definition) is 5. The highest BCUT2D eigenvalue weighted by atomic mass is 35.5. The van der Waals surface area contributed by atoms with Crippen LogP contribution in [0, 0.1) is 0 Å².